The number of fused-ring (bicyclic) bond motifs is 1. The van der Waals surface area contributed by atoms with Crippen LogP contribution in [0.1, 0.15) is 20.8 Å². The van der Waals surface area contributed by atoms with E-state index < -0.39 is 20.2 Å². The second kappa shape index (κ2) is 6.83. The number of benzene rings is 1. The zero-order valence-corrected chi connectivity index (χ0v) is 13.0. The number of ether oxygens (including phenoxy) is 3. The third-order valence-electron chi connectivity index (χ3n) is 2.59. The summed E-state index contributed by atoms with van der Waals surface area (Å²) in [5.41, 5.74) is 0. The van der Waals surface area contributed by atoms with Crippen LogP contribution in [-0.2, 0) is 14.1 Å². The lowest BCUT2D eigenvalue weighted by Crippen LogP contribution is -2.33. The van der Waals surface area contributed by atoms with Crippen LogP contribution in [0, 0.1) is 0 Å². The summed E-state index contributed by atoms with van der Waals surface area (Å²) >= 11 is 0. The lowest BCUT2D eigenvalue weighted by Gasteiger charge is -2.15. The number of hydrogen-bond acceptors (Lipinski definition) is 6. The van der Waals surface area contributed by atoms with Crippen LogP contribution >= 0.6 is 8.18 Å². The van der Waals surface area contributed by atoms with Crippen LogP contribution in [-0.4, -0.2) is 24.9 Å². The Morgan fingerprint density at radius 1 is 1.29 bits per heavy atom. The summed E-state index contributed by atoms with van der Waals surface area (Å²) in [6.07, 6.45) is -0.223. The van der Waals surface area contributed by atoms with E-state index in [4.69, 9.17) is 18.7 Å². The fourth-order valence-corrected chi connectivity index (χ4v) is 2.52. The lowest BCUT2D eigenvalue weighted by molar-refractivity contribution is -0.148. The molecule has 0 saturated carbocycles. The standard InChI is InChI=1S/C13H18NO6P/c1-8(2)19-13(15)9(3)14-21(16)20-10-4-5-11-12(6-10)18-7-17-11/h4-6,8-9,21H,7H2,1-3H3,(H,14,16)/t9-/m0/s1. The Hall–Kier alpha value is -1.72. The number of hydrogen-bond donors (Lipinski definition) is 1. The maximum atomic E-state index is 11.9. The molecule has 1 aliphatic rings. The van der Waals surface area contributed by atoms with Gasteiger partial charge in [-0.2, -0.15) is 0 Å². The first-order valence-corrected chi connectivity index (χ1v) is 7.86. The number of rotatable bonds is 6. The molecular formula is C13H18NO6P. The quantitative estimate of drug-likeness (QED) is 0.636. The Morgan fingerprint density at radius 3 is 2.71 bits per heavy atom. The van der Waals surface area contributed by atoms with Gasteiger partial charge in [0.25, 0.3) is 0 Å². The van der Waals surface area contributed by atoms with Crippen molar-refractivity contribution in [3.8, 4) is 17.2 Å². The molecule has 1 N–H and O–H groups in total. The Balaban J connectivity index is 1.88. The van der Waals surface area contributed by atoms with E-state index in [1.54, 1.807) is 39.0 Å². The first-order valence-electron chi connectivity index (χ1n) is 6.54. The van der Waals surface area contributed by atoms with E-state index in [2.05, 4.69) is 5.09 Å². The molecule has 7 nitrogen and oxygen atoms in total. The third-order valence-corrected chi connectivity index (χ3v) is 3.68. The van der Waals surface area contributed by atoms with Crippen molar-refractivity contribution in [2.45, 2.75) is 32.9 Å². The zero-order valence-electron chi connectivity index (χ0n) is 12.0. The zero-order chi connectivity index (χ0) is 15.4. The Kier molecular flexibility index (Phi) is 5.09. The van der Waals surface area contributed by atoms with Crippen molar-refractivity contribution >= 4 is 14.1 Å². The predicted octanol–water partition coefficient (Wildman–Crippen LogP) is 2.11. The van der Waals surface area contributed by atoms with Gasteiger partial charge < -0.3 is 18.7 Å². The van der Waals surface area contributed by atoms with Gasteiger partial charge in [-0.3, -0.25) is 9.36 Å². The first kappa shape index (κ1) is 15.7. The molecular weight excluding hydrogens is 297 g/mol. The molecule has 2 atom stereocenters. The third kappa shape index (κ3) is 4.37. The molecule has 0 bridgehead atoms. The van der Waals surface area contributed by atoms with E-state index in [0.717, 1.165) is 0 Å². The van der Waals surface area contributed by atoms with Gasteiger partial charge in [0.2, 0.25) is 6.79 Å². The van der Waals surface area contributed by atoms with Crippen LogP contribution in [0.4, 0.5) is 0 Å². The molecule has 0 saturated heterocycles. The minimum absolute atomic E-state index is 0.157. The molecule has 0 amide bonds. The van der Waals surface area contributed by atoms with Crippen molar-refractivity contribution in [1.82, 2.24) is 5.09 Å². The van der Waals surface area contributed by atoms with Crippen molar-refractivity contribution < 1.29 is 28.1 Å². The summed E-state index contributed by atoms with van der Waals surface area (Å²) in [6, 6.07) is 4.16. The van der Waals surface area contributed by atoms with Gasteiger partial charge in [-0.15, -0.1) is 0 Å². The van der Waals surface area contributed by atoms with Crippen molar-refractivity contribution in [3.63, 3.8) is 0 Å². The van der Waals surface area contributed by atoms with E-state index in [0.29, 0.717) is 17.2 Å². The normalized spacial score (nSPS) is 15.6. The molecule has 116 valence electrons. The number of carbonyl (C=O) groups is 1. The number of nitrogens with one attached hydrogen (secondary N) is 1. The molecule has 1 aromatic rings. The van der Waals surface area contributed by atoms with E-state index in [9.17, 15) is 9.36 Å². The highest BCUT2D eigenvalue weighted by Crippen LogP contribution is 2.37. The molecule has 2 rings (SSSR count). The van der Waals surface area contributed by atoms with Crippen molar-refractivity contribution in [2.24, 2.45) is 0 Å². The highest BCUT2D eigenvalue weighted by molar-refractivity contribution is 7.37. The van der Waals surface area contributed by atoms with Crippen LogP contribution in [0.25, 0.3) is 0 Å². The van der Waals surface area contributed by atoms with Gasteiger partial charge in [-0.1, -0.05) is 0 Å². The van der Waals surface area contributed by atoms with E-state index in [-0.39, 0.29) is 12.9 Å². The highest BCUT2D eigenvalue weighted by Gasteiger charge is 2.19. The van der Waals surface area contributed by atoms with Crippen LogP contribution in [0.2, 0.25) is 0 Å². The second-order valence-corrected chi connectivity index (χ2v) is 5.82. The summed E-state index contributed by atoms with van der Waals surface area (Å²) in [4.78, 5) is 11.6. The summed E-state index contributed by atoms with van der Waals surface area (Å²) < 4.78 is 32.5. The topological polar surface area (TPSA) is 83.1 Å². The summed E-state index contributed by atoms with van der Waals surface area (Å²) in [5, 5.41) is 2.58. The van der Waals surface area contributed by atoms with Crippen LogP contribution < -0.4 is 19.1 Å². The smallest absolute Gasteiger partial charge is 0.323 e. The molecule has 1 heterocycles. The fraction of sp³-hybridized carbons (Fsp3) is 0.462. The lowest BCUT2D eigenvalue weighted by atomic mass is 10.3. The average molecular weight is 315 g/mol. The van der Waals surface area contributed by atoms with Gasteiger partial charge >= 0.3 is 14.1 Å². The van der Waals surface area contributed by atoms with E-state index >= 15 is 0 Å². The maximum Gasteiger partial charge on any atom is 0.323 e. The van der Waals surface area contributed by atoms with Crippen LogP contribution in [0.3, 0.4) is 0 Å². The van der Waals surface area contributed by atoms with Gasteiger partial charge in [0.1, 0.15) is 11.8 Å². The van der Waals surface area contributed by atoms with Crippen molar-refractivity contribution in [1.29, 1.82) is 0 Å². The number of carbonyl (C=O) groups excluding carboxylic acids is 1. The van der Waals surface area contributed by atoms with Crippen molar-refractivity contribution in [3.05, 3.63) is 18.2 Å². The molecule has 0 radical (unpaired) electrons. The molecule has 0 aliphatic carbocycles. The van der Waals surface area contributed by atoms with Gasteiger partial charge in [0, 0.05) is 6.07 Å². The minimum atomic E-state index is -2.63. The number of esters is 1. The molecule has 0 spiro atoms. The molecule has 0 aromatic heterocycles. The molecule has 21 heavy (non-hydrogen) atoms. The molecule has 1 aliphatic heterocycles. The summed E-state index contributed by atoms with van der Waals surface area (Å²) in [7, 11) is -2.63. The predicted molar refractivity (Wildman–Crippen MR) is 76.0 cm³/mol. The van der Waals surface area contributed by atoms with Gasteiger partial charge in [-0.25, -0.2) is 5.09 Å². The minimum Gasteiger partial charge on any atom is -0.462 e. The monoisotopic (exact) mass is 315 g/mol. The molecule has 0 fully saturated rings. The highest BCUT2D eigenvalue weighted by atomic mass is 31.1. The van der Waals surface area contributed by atoms with Crippen molar-refractivity contribution in [2.75, 3.05) is 6.79 Å². The largest absolute Gasteiger partial charge is 0.462 e. The second-order valence-electron chi connectivity index (χ2n) is 4.76. The SMILES string of the molecule is CC(C)OC(=O)[C@H](C)N[PH](=O)Oc1ccc2c(c1)OCO2. The Morgan fingerprint density at radius 2 is 2.00 bits per heavy atom. The molecule has 1 aromatic carbocycles. The van der Waals surface area contributed by atoms with Gasteiger partial charge in [-0.05, 0) is 32.9 Å². The van der Waals surface area contributed by atoms with Crippen LogP contribution in [0.15, 0.2) is 18.2 Å². The summed E-state index contributed by atoms with van der Waals surface area (Å²) in [5.74, 6) is 1.05. The van der Waals surface area contributed by atoms with E-state index in [1.807, 2.05) is 0 Å². The Bertz CT molecular complexity index is 547. The average Bonchev–Trinajstić information content (AvgIpc) is 2.84. The molecule has 8 heteroatoms. The van der Waals surface area contributed by atoms with E-state index in [1.165, 1.54) is 0 Å². The summed E-state index contributed by atoms with van der Waals surface area (Å²) in [6.45, 7) is 5.22. The first-order chi connectivity index (χ1) is 9.95. The van der Waals surface area contributed by atoms with Gasteiger partial charge in [0.05, 0.1) is 6.10 Å². The fourth-order valence-electron chi connectivity index (χ4n) is 1.65. The maximum absolute atomic E-state index is 11.9. The molecule has 1 unspecified atom stereocenters. The van der Waals surface area contributed by atoms with Gasteiger partial charge in [0.15, 0.2) is 11.5 Å². The van der Waals surface area contributed by atoms with Crippen LogP contribution in [0.5, 0.6) is 17.2 Å². The Labute approximate surface area is 123 Å².